The van der Waals surface area contributed by atoms with Crippen molar-refractivity contribution in [3.63, 3.8) is 0 Å². The van der Waals surface area contributed by atoms with Gasteiger partial charge >= 0.3 is 0 Å². The van der Waals surface area contributed by atoms with E-state index < -0.39 is 9.84 Å². The topological polar surface area (TPSA) is 55.4 Å². The summed E-state index contributed by atoms with van der Waals surface area (Å²) < 4.78 is 28.4. The van der Waals surface area contributed by atoms with E-state index in [9.17, 15) is 8.42 Å². The first kappa shape index (κ1) is 15.3. The average Bonchev–Trinajstić information content (AvgIpc) is 2.79. The van der Waals surface area contributed by atoms with Crippen molar-refractivity contribution < 1.29 is 13.2 Å². The highest BCUT2D eigenvalue weighted by molar-refractivity contribution is 7.91. The largest absolute Gasteiger partial charge is 0.497 e. The first-order chi connectivity index (χ1) is 9.54. The van der Waals surface area contributed by atoms with Crippen LogP contribution in [0.25, 0.3) is 0 Å². The predicted octanol–water partition coefficient (Wildman–Crippen LogP) is 1.65. The lowest BCUT2D eigenvalue weighted by Crippen LogP contribution is -2.38. The zero-order valence-electron chi connectivity index (χ0n) is 12.1. The van der Waals surface area contributed by atoms with E-state index in [0.717, 1.165) is 25.1 Å². The highest BCUT2D eigenvalue weighted by Crippen LogP contribution is 2.24. The Bertz CT molecular complexity index is 525. The number of likely N-dealkylation sites (N-methyl/N-ethyl adjacent to an activating group) is 1. The van der Waals surface area contributed by atoms with E-state index in [0.29, 0.717) is 11.5 Å². The van der Waals surface area contributed by atoms with Crippen molar-refractivity contribution in [3.05, 3.63) is 29.8 Å². The van der Waals surface area contributed by atoms with Gasteiger partial charge in [0.1, 0.15) is 5.75 Å². The molecule has 5 heteroatoms. The molecule has 1 fully saturated rings. The van der Waals surface area contributed by atoms with Gasteiger partial charge in [0.25, 0.3) is 0 Å². The van der Waals surface area contributed by atoms with Gasteiger partial charge in [-0.3, -0.25) is 0 Å². The number of rotatable bonds is 6. The minimum absolute atomic E-state index is 0.224. The first-order valence-electron chi connectivity index (χ1n) is 7.11. The monoisotopic (exact) mass is 297 g/mol. The van der Waals surface area contributed by atoms with Gasteiger partial charge in [-0.2, -0.15) is 0 Å². The molecule has 4 nitrogen and oxygen atoms in total. The smallest absolute Gasteiger partial charge is 0.150 e. The van der Waals surface area contributed by atoms with Crippen LogP contribution in [0.1, 0.15) is 18.9 Å². The lowest BCUT2D eigenvalue weighted by atomic mass is 9.93. The molecule has 1 saturated heterocycles. The highest BCUT2D eigenvalue weighted by Gasteiger charge is 2.33. The van der Waals surface area contributed by atoms with Gasteiger partial charge in [0.2, 0.25) is 0 Å². The number of benzene rings is 1. The summed E-state index contributed by atoms with van der Waals surface area (Å²) in [5.74, 6) is 1.72. The minimum atomic E-state index is -2.82. The highest BCUT2D eigenvalue weighted by atomic mass is 32.2. The Morgan fingerprint density at radius 3 is 2.55 bits per heavy atom. The first-order valence-corrected chi connectivity index (χ1v) is 8.93. The zero-order valence-corrected chi connectivity index (χ0v) is 12.9. The Morgan fingerprint density at radius 1 is 1.35 bits per heavy atom. The molecule has 0 saturated carbocycles. The van der Waals surface area contributed by atoms with Gasteiger partial charge in [-0.25, -0.2) is 8.42 Å². The molecule has 0 bridgehead atoms. The summed E-state index contributed by atoms with van der Waals surface area (Å²) in [5, 5.41) is 3.44. The molecule has 1 aromatic rings. The van der Waals surface area contributed by atoms with E-state index in [-0.39, 0.29) is 12.0 Å². The van der Waals surface area contributed by atoms with E-state index >= 15 is 0 Å². The molecule has 2 atom stereocenters. The van der Waals surface area contributed by atoms with Crippen molar-refractivity contribution in [1.29, 1.82) is 0 Å². The Morgan fingerprint density at radius 2 is 2.05 bits per heavy atom. The van der Waals surface area contributed by atoms with Gasteiger partial charge in [-0.15, -0.1) is 0 Å². The Kier molecular flexibility index (Phi) is 5.05. The molecule has 0 aromatic heterocycles. The normalized spacial score (nSPS) is 22.6. The molecule has 112 valence electrons. The molecule has 1 aliphatic rings. The lowest BCUT2D eigenvalue weighted by Gasteiger charge is -2.23. The molecule has 1 heterocycles. The van der Waals surface area contributed by atoms with E-state index in [4.69, 9.17) is 4.74 Å². The van der Waals surface area contributed by atoms with E-state index in [1.807, 2.05) is 24.3 Å². The molecule has 0 aliphatic carbocycles. The molecule has 0 amide bonds. The van der Waals surface area contributed by atoms with Crippen LogP contribution < -0.4 is 10.1 Å². The second kappa shape index (κ2) is 6.59. The molecular formula is C15H23NO3S. The quantitative estimate of drug-likeness (QED) is 0.867. The van der Waals surface area contributed by atoms with Crippen molar-refractivity contribution in [1.82, 2.24) is 5.32 Å². The van der Waals surface area contributed by atoms with Gasteiger partial charge in [0.05, 0.1) is 18.6 Å². The van der Waals surface area contributed by atoms with Crippen LogP contribution in [0, 0.1) is 5.92 Å². The molecular weight excluding hydrogens is 274 g/mol. The number of methoxy groups -OCH3 is 1. The van der Waals surface area contributed by atoms with Crippen molar-refractivity contribution in [2.45, 2.75) is 25.8 Å². The van der Waals surface area contributed by atoms with Crippen LogP contribution in [0.15, 0.2) is 24.3 Å². The zero-order chi connectivity index (χ0) is 14.6. The van der Waals surface area contributed by atoms with Crippen LogP contribution in [0.5, 0.6) is 5.75 Å². The molecule has 20 heavy (non-hydrogen) atoms. The minimum Gasteiger partial charge on any atom is -0.497 e. The third-order valence-corrected chi connectivity index (χ3v) is 5.71. The summed E-state index contributed by atoms with van der Waals surface area (Å²) in [5.41, 5.74) is 1.21. The van der Waals surface area contributed by atoms with Gasteiger partial charge < -0.3 is 10.1 Å². The predicted molar refractivity (Wildman–Crippen MR) is 80.9 cm³/mol. The summed E-state index contributed by atoms with van der Waals surface area (Å²) >= 11 is 0. The van der Waals surface area contributed by atoms with Crippen molar-refractivity contribution in [3.8, 4) is 5.75 Å². The van der Waals surface area contributed by atoms with Crippen LogP contribution in [0.4, 0.5) is 0 Å². The molecule has 1 N–H and O–H groups in total. The molecule has 2 unspecified atom stereocenters. The summed E-state index contributed by atoms with van der Waals surface area (Å²) in [6, 6.07) is 8.22. The summed E-state index contributed by atoms with van der Waals surface area (Å²) in [6.07, 6.45) is 1.63. The second-order valence-corrected chi connectivity index (χ2v) is 7.61. The van der Waals surface area contributed by atoms with Crippen molar-refractivity contribution in [2.24, 2.45) is 5.92 Å². The summed E-state index contributed by atoms with van der Waals surface area (Å²) in [7, 11) is -1.17. The maximum absolute atomic E-state index is 11.6. The van der Waals surface area contributed by atoms with Crippen LogP contribution in [0.3, 0.4) is 0 Å². The Hall–Kier alpha value is -1.07. The van der Waals surface area contributed by atoms with Crippen LogP contribution in [0.2, 0.25) is 0 Å². The van der Waals surface area contributed by atoms with Crippen LogP contribution in [-0.4, -0.2) is 39.6 Å². The van der Waals surface area contributed by atoms with Gasteiger partial charge in [-0.05, 0) is 43.0 Å². The summed E-state index contributed by atoms with van der Waals surface area (Å²) in [6.45, 7) is 2.92. The molecule has 0 spiro atoms. The fourth-order valence-electron chi connectivity index (χ4n) is 2.82. The van der Waals surface area contributed by atoms with E-state index in [1.54, 1.807) is 7.11 Å². The number of sulfone groups is 1. The van der Waals surface area contributed by atoms with Gasteiger partial charge in [0.15, 0.2) is 9.84 Å². The standard InChI is InChI=1S/C15H23NO3S/c1-3-16-15(13-8-9-20(17,18)11-13)10-12-4-6-14(19-2)7-5-12/h4-7,13,15-16H,3,8-11H2,1-2H3. The van der Waals surface area contributed by atoms with Gasteiger partial charge in [0, 0.05) is 6.04 Å². The van der Waals surface area contributed by atoms with Crippen LogP contribution in [-0.2, 0) is 16.3 Å². The van der Waals surface area contributed by atoms with Crippen LogP contribution >= 0.6 is 0 Å². The SMILES string of the molecule is CCNC(Cc1ccc(OC)cc1)C1CCS(=O)(=O)C1. The van der Waals surface area contributed by atoms with Crippen molar-refractivity contribution in [2.75, 3.05) is 25.2 Å². The fourth-order valence-corrected chi connectivity index (χ4v) is 4.70. The molecule has 2 rings (SSSR count). The average molecular weight is 297 g/mol. The maximum Gasteiger partial charge on any atom is 0.150 e. The number of hydrogen-bond donors (Lipinski definition) is 1. The Labute approximate surface area is 121 Å². The number of nitrogens with one attached hydrogen (secondary N) is 1. The summed E-state index contributed by atoms with van der Waals surface area (Å²) in [4.78, 5) is 0. The molecule has 0 radical (unpaired) electrons. The third kappa shape index (κ3) is 3.96. The number of hydrogen-bond acceptors (Lipinski definition) is 4. The third-order valence-electron chi connectivity index (χ3n) is 3.92. The Balaban J connectivity index is 2.05. The van der Waals surface area contributed by atoms with Crippen molar-refractivity contribution >= 4 is 9.84 Å². The lowest BCUT2D eigenvalue weighted by molar-refractivity contribution is 0.385. The van der Waals surface area contributed by atoms with Gasteiger partial charge in [-0.1, -0.05) is 19.1 Å². The van der Waals surface area contributed by atoms with E-state index in [1.165, 1.54) is 5.56 Å². The molecule has 1 aliphatic heterocycles. The molecule has 1 aromatic carbocycles. The maximum atomic E-state index is 11.6. The number of ether oxygens (including phenoxy) is 1. The second-order valence-electron chi connectivity index (χ2n) is 5.38. The fraction of sp³-hybridized carbons (Fsp3) is 0.600. The van der Waals surface area contributed by atoms with E-state index in [2.05, 4.69) is 12.2 Å².